The average molecular weight is 482 g/mol. The molecule has 0 fully saturated rings. The first kappa shape index (κ1) is 22.6. The number of halogens is 1. The largest absolute Gasteiger partial charge is 0.420 e. The Balaban J connectivity index is 1.27. The maximum atomic E-state index is 14.5. The maximum Gasteiger partial charge on any atom is 0.343 e. The van der Waals surface area contributed by atoms with Crippen molar-refractivity contribution >= 4 is 41.0 Å². The Kier molecular flexibility index (Phi) is 5.57. The summed E-state index contributed by atoms with van der Waals surface area (Å²) in [6.07, 6.45) is 4.58. The first-order chi connectivity index (χ1) is 17.3. The molecule has 8 nitrogen and oxygen atoms in total. The molecule has 0 saturated carbocycles. The zero-order chi connectivity index (χ0) is 25.4. The van der Waals surface area contributed by atoms with E-state index in [0.717, 1.165) is 39.1 Å². The molecule has 3 aromatic rings. The lowest BCUT2D eigenvalue weighted by atomic mass is 10.0. The summed E-state index contributed by atoms with van der Waals surface area (Å²) in [5, 5.41) is 0. The van der Waals surface area contributed by atoms with E-state index in [2.05, 4.69) is 0 Å². The van der Waals surface area contributed by atoms with Crippen molar-refractivity contribution in [2.45, 2.75) is 0 Å². The standard InChI is InChI=1S/C27H15FN2O6/c28-21-15-20(30-25(33)13-14-26(30)34)9-10-22(21)36-27(35)18-3-1-16(2-4-18)17-5-7-19(8-6-17)29-23(31)11-12-24(29)32/h1-15H. The summed E-state index contributed by atoms with van der Waals surface area (Å²) < 4.78 is 19.7. The smallest absolute Gasteiger partial charge is 0.343 e. The second kappa shape index (κ2) is 8.88. The topological polar surface area (TPSA) is 101 Å². The number of carbonyl (C=O) groups is 5. The molecule has 36 heavy (non-hydrogen) atoms. The third-order valence-corrected chi connectivity index (χ3v) is 5.57. The highest BCUT2D eigenvalue weighted by atomic mass is 19.1. The van der Waals surface area contributed by atoms with Gasteiger partial charge in [0.25, 0.3) is 23.6 Å². The van der Waals surface area contributed by atoms with Crippen molar-refractivity contribution in [3.63, 3.8) is 0 Å². The number of carbonyl (C=O) groups excluding carboxylic acids is 5. The van der Waals surface area contributed by atoms with Crippen molar-refractivity contribution in [1.29, 1.82) is 0 Å². The van der Waals surface area contributed by atoms with Gasteiger partial charge in [-0.3, -0.25) is 19.2 Å². The fourth-order valence-electron chi connectivity index (χ4n) is 3.78. The van der Waals surface area contributed by atoms with Crippen molar-refractivity contribution in [1.82, 2.24) is 0 Å². The molecule has 176 valence electrons. The Labute approximate surface area is 203 Å². The van der Waals surface area contributed by atoms with Crippen molar-refractivity contribution in [3.05, 3.63) is 102 Å². The highest BCUT2D eigenvalue weighted by Crippen LogP contribution is 2.28. The SMILES string of the molecule is O=C(Oc1ccc(N2C(=O)C=CC2=O)cc1F)c1ccc(-c2ccc(N3C(=O)C=CC3=O)cc2)cc1. The molecule has 0 bridgehead atoms. The molecule has 0 aliphatic carbocycles. The molecule has 2 heterocycles. The molecule has 0 unspecified atom stereocenters. The van der Waals surface area contributed by atoms with Crippen LogP contribution in [0.4, 0.5) is 15.8 Å². The van der Waals surface area contributed by atoms with E-state index in [-0.39, 0.29) is 17.0 Å². The van der Waals surface area contributed by atoms with Crippen LogP contribution in [0.2, 0.25) is 0 Å². The number of benzene rings is 3. The predicted molar refractivity (Wildman–Crippen MR) is 127 cm³/mol. The van der Waals surface area contributed by atoms with Gasteiger partial charge in [0.05, 0.1) is 16.9 Å². The monoisotopic (exact) mass is 482 g/mol. The normalized spacial score (nSPS) is 14.8. The molecule has 3 aromatic carbocycles. The molecule has 9 heteroatoms. The summed E-state index contributed by atoms with van der Waals surface area (Å²) in [4.78, 5) is 61.5. The Bertz CT molecular complexity index is 1470. The van der Waals surface area contributed by atoms with Crippen molar-refractivity contribution in [2.75, 3.05) is 9.80 Å². The molecule has 0 radical (unpaired) electrons. The molecule has 0 spiro atoms. The molecule has 5 rings (SSSR count). The third kappa shape index (κ3) is 4.09. The van der Waals surface area contributed by atoms with Crippen LogP contribution in [0.25, 0.3) is 11.1 Å². The van der Waals surface area contributed by atoms with Gasteiger partial charge in [-0.2, -0.15) is 0 Å². The second-order valence-corrected chi connectivity index (χ2v) is 7.82. The summed E-state index contributed by atoms with van der Waals surface area (Å²) in [5.41, 5.74) is 2.19. The third-order valence-electron chi connectivity index (χ3n) is 5.57. The number of hydrogen-bond acceptors (Lipinski definition) is 6. The van der Waals surface area contributed by atoms with Gasteiger partial charge in [-0.1, -0.05) is 24.3 Å². The van der Waals surface area contributed by atoms with Crippen LogP contribution in [0.15, 0.2) is 91.0 Å². The summed E-state index contributed by atoms with van der Waals surface area (Å²) in [6, 6.07) is 16.6. The van der Waals surface area contributed by atoms with E-state index >= 15 is 0 Å². The van der Waals surface area contributed by atoms with Crippen LogP contribution >= 0.6 is 0 Å². The molecule has 0 N–H and O–H groups in total. The molecule has 2 aliphatic heterocycles. The quantitative estimate of drug-likeness (QED) is 0.313. The van der Waals surface area contributed by atoms with Crippen molar-refractivity contribution < 1.29 is 33.1 Å². The summed E-state index contributed by atoms with van der Waals surface area (Å²) in [7, 11) is 0. The van der Waals surface area contributed by atoms with Gasteiger partial charge in [0.15, 0.2) is 11.6 Å². The van der Waals surface area contributed by atoms with Crippen molar-refractivity contribution in [2.24, 2.45) is 0 Å². The first-order valence-electron chi connectivity index (χ1n) is 10.7. The van der Waals surface area contributed by atoms with Crippen LogP contribution < -0.4 is 14.5 Å². The predicted octanol–water partition coefficient (Wildman–Crippen LogP) is 3.57. The molecule has 4 amide bonds. The van der Waals surface area contributed by atoms with Crippen LogP contribution in [0.1, 0.15) is 10.4 Å². The number of amides is 4. The fourth-order valence-corrected chi connectivity index (χ4v) is 3.78. The lowest BCUT2D eigenvalue weighted by Gasteiger charge is -2.15. The van der Waals surface area contributed by atoms with E-state index in [1.165, 1.54) is 36.4 Å². The van der Waals surface area contributed by atoms with E-state index in [1.807, 2.05) is 0 Å². The van der Waals surface area contributed by atoms with Gasteiger partial charge >= 0.3 is 5.97 Å². The van der Waals surface area contributed by atoms with Gasteiger partial charge in [0.1, 0.15) is 0 Å². The van der Waals surface area contributed by atoms with Crippen LogP contribution in [-0.2, 0) is 19.2 Å². The minimum atomic E-state index is -0.907. The Morgan fingerprint density at radius 3 is 1.56 bits per heavy atom. The van der Waals surface area contributed by atoms with E-state index in [9.17, 15) is 28.4 Å². The average Bonchev–Trinajstić information content (AvgIpc) is 3.40. The van der Waals surface area contributed by atoms with Crippen LogP contribution in [0.5, 0.6) is 5.75 Å². The number of hydrogen-bond donors (Lipinski definition) is 0. The molecule has 0 atom stereocenters. The van der Waals surface area contributed by atoms with Crippen LogP contribution in [-0.4, -0.2) is 29.6 Å². The number of ether oxygens (including phenoxy) is 1. The number of nitrogens with zero attached hydrogens (tertiary/aromatic N) is 2. The number of esters is 1. The number of rotatable bonds is 5. The highest BCUT2D eigenvalue weighted by Gasteiger charge is 2.27. The summed E-state index contributed by atoms with van der Waals surface area (Å²) in [6.45, 7) is 0. The van der Waals surface area contributed by atoms with Crippen LogP contribution in [0, 0.1) is 5.82 Å². The zero-order valence-electron chi connectivity index (χ0n) is 18.4. The highest BCUT2D eigenvalue weighted by molar-refractivity contribution is 6.28. The Morgan fingerprint density at radius 1 is 0.611 bits per heavy atom. The van der Waals surface area contributed by atoms with Gasteiger partial charge < -0.3 is 4.74 Å². The number of anilines is 2. The lowest BCUT2D eigenvalue weighted by molar-refractivity contribution is -0.121. The van der Waals surface area contributed by atoms with Crippen molar-refractivity contribution in [3.8, 4) is 16.9 Å². The summed E-state index contributed by atoms with van der Waals surface area (Å²) >= 11 is 0. The molecule has 2 aliphatic rings. The van der Waals surface area contributed by atoms with Crippen LogP contribution in [0.3, 0.4) is 0 Å². The van der Waals surface area contributed by atoms with E-state index < -0.39 is 35.4 Å². The number of imide groups is 2. The van der Waals surface area contributed by atoms with Gasteiger partial charge in [-0.05, 0) is 47.5 Å². The molecule has 0 saturated heterocycles. The minimum absolute atomic E-state index is 0.0254. The van der Waals surface area contributed by atoms with E-state index in [0.29, 0.717) is 5.69 Å². The van der Waals surface area contributed by atoms with Gasteiger partial charge in [-0.15, -0.1) is 0 Å². The summed E-state index contributed by atoms with van der Waals surface area (Å²) in [5.74, 6) is -4.04. The van der Waals surface area contributed by atoms with Gasteiger partial charge in [0.2, 0.25) is 0 Å². The Hall–Kier alpha value is -5.18. The maximum absolute atomic E-state index is 14.5. The molecular formula is C27H15FN2O6. The lowest BCUT2D eigenvalue weighted by Crippen LogP contribution is -2.29. The second-order valence-electron chi connectivity index (χ2n) is 7.82. The van der Waals surface area contributed by atoms with E-state index in [4.69, 9.17) is 4.74 Å². The first-order valence-corrected chi connectivity index (χ1v) is 10.7. The Morgan fingerprint density at radius 2 is 1.06 bits per heavy atom. The van der Waals surface area contributed by atoms with E-state index in [1.54, 1.807) is 36.4 Å². The fraction of sp³-hybridized carbons (Fsp3) is 0. The molecule has 0 aromatic heterocycles. The zero-order valence-corrected chi connectivity index (χ0v) is 18.4. The molecular weight excluding hydrogens is 467 g/mol. The van der Waals surface area contributed by atoms with Gasteiger partial charge in [0, 0.05) is 30.4 Å². The van der Waals surface area contributed by atoms with Gasteiger partial charge in [-0.25, -0.2) is 19.0 Å². The minimum Gasteiger partial charge on any atom is -0.420 e.